The van der Waals surface area contributed by atoms with Gasteiger partial charge in [0.1, 0.15) is 0 Å². The minimum atomic E-state index is -0.835. The molecule has 76 valence electrons. The maximum atomic E-state index is 3.83. The molecule has 0 amide bonds. The molecule has 0 spiro atoms. The third kappa shape index (κ3) is 3.30. The Balaban J connectivity index is 2.34. The van der Waals surface area contributed by atoms with Crippen LogP contribution in [0, 0.1) is 5.92 Å². The summed E-state index contributed by atoms with van der Waals surface area (Å²) in [6.07, 6.45) is 9.25. The molecule has 0 aliphatic heterocycles. The molecule has 0 saturated heterocycles. The number of rotatable bonds is 3. The summed E-state index contributed by atoms with van der Waals surface area (Å²) in [6, 6.07) is 0. The van der Waals surface area contributed by atoms with Crippen molar-refractivity contribution < 1.29 is 0 Å². The van der Waals surface area contributed by atoms with Gasteiger partial charge in [0.05, 0.1) is 0 Å². The van der Waals surface area contributed by atoms with Gasteiger partial charge in [-0.15, -0.1) is 6.58 Å². The molecule has 0 aromatic carbocycles. The molecule has 1 rings (SSSR count). The van der Waals surface area contributed by atoms with Crippen LogP contribution in [0.25, 0.3) is 0 Å². The van der Waals surface area contributed by atoms with Gasteiger partial charge in [-0.05, 0) is 17.9 Å². The second-order valence-corrected chi connectivity index (χ2v) is 11.2. The predicted octanol–water partition coefficient (Wildman–Crippen LogP) is 4.46. The molecule has 1 aliphatic rings. The van der Waals surface area contributed by atoms with E-state index in [2.05, 4.69) is 32.3 Å². The van der Waals surface area contributed by atoms with E-state index in [1.165, 1.54) is 32.1 Å². The first-order valence-electron chi connectivity index (χ1n) is 5.65. The fourth-order valence-electron chi connectivity index (χ4n) is 2.50. The smallest absolute Gasteiger partial charge is 0.0473 e. The van der Waals surface area contributed by atoms with Crippen LogP contribution >= 0.6 is 0 Å². The van der Waals surface area contributed by atoms with E-state index >= 15 is 0 Å². The fraction of sp³-hybridized carbons (Fsp3) is 0.833. The van der Waals surface area contributed by atoms with Gasteiger partial charge in [-0.3, -0.25) is 0 Å². The number of hydrogen-bond donors (Lipinski definition) is 0. The van der Waals surface area contributed by atoms with Crippen LogP contribution in [0.2, 0.25) is 25.2 Å². The van der Waals surface area contributed by atoms with Gasteiger partial charge in [-0.25, -0.2) is 0 Å². The Morgan fingerprint density at radius 3 is 2.08 bits per heavy atom. The van der Waals surface area contributed by atoms with Gasteiger partial charge in [0, 0.05) is 8.07 Å². The summed E-state index contributed by atoms with van der Waals surface area (Å²) in [4.78, 5) is 0. The van der Waals surface area contributed by atoms with Crippen molar-refractivity contribution >= 4 is 8.07 Å². The van der Waals surface area contributed by atoms with Crippen molar-refractivity contribution in [3.8, 4) is 0 Å². The van der Waals surface area contributed by atoms with Crippen LogP contribution < -0.4 is 0 Å². The summed E-state index contributed by atoms with van der Waals surface area (Å²) in [5.41, 5.74) is 1.09. The van der Waals surface area contributed by atoms with Crippen molar-refractivity contribution in [1.29, 1.82) is 0 Å². The summed E-state index contributed by atoms with van der Waals surface area (Å²) in [5, 5.41) is 0. The molecular formula is C12H24Si. The second-order valence-electron chi connectivity index (χ2n) is 5.61. The van der Waals surface area contributed by atoms with Crippen molar-refractivity contribution in [2.24, 2.45) is 5.92 Å². The third-order valence-electron chi connectivity index (χ3n) is 3.57. The minimum absolute atomic E-state index is 0.835. The van der Waals surface area contributed by atoms with E-state index in [1.54, 1.807) is 0 Å². The molecule has 0 aromatic rings. The zero-order valence-corrected chi connectivity index (χ0v) is 10.5. The SMILES string of the molecule is C=CCC1CCC([Si](C)(C)C)CC1. The Bertz CT molecular complexity index is 158. The lowest BCUT2D eigenvalue weighted by Gasteiger charge is -2.35. The van der Waals surface area contributed by atoms with E-state index in [1.807, 2.05) is 0 Å². The van der Waals surface area contributed by atoms with Crippen molar-refractivity contribution in [3.63, 3.8) is 0 Å². The normalized spacial score (nSPS) is 30.1. The number of allylic oxidation sites excluding steroid dienone is 1. The molecule has 1 saturated carbocycles. The van der Waals surface area contributed by atoms with Gasteiger partial charge in [0.2, 0.25) is 0 Å². The van der Waals surface area contributed by atoms with E-state index < -0.39 is 8.07 Å². The molecule has 1 aliphatic carbocycles. The van der Waals surface area contributed by atoms with E-state index in [9.17, 15) is 0 Å². The Morgan fingerprint density at radius 1 is 1.15 bits per heavy atom. The van der Waals surface area contributed by atoms with Gasteiger partial charge in [0.25, 0.3) is 0 Å². The Kier molecular flexibility index (Phi) is 3.78. The minimum Gasteiger partial charge on any atom is -0.103 e. The van der Waals surface area contributed by atoms with Crippen molar-refractivity contribution in [1.82, 2.24) is 0 Å². The average molecular weight is 196 g/mol. The fourth-order valence-corrected chi connectivity index (χ4v) is 4.57. The van der Waals surface area contributed by atoms with Crippen LogP contribution in [0.3, 0.4) is 0 Å². The topological polar surface area (TPSA) is 0 Å². The highest BCUT2D eigenvalue weighted by Crippen LogP contribution is 2.40. The van der Waals surface area contributed by atoms with Crippen LogP contribution in [-0.4, -0.2) is 8.07 Å². The maximum absolute atomic E-state index is 3.83. The Morgan fingerprint density at radius 2 is 1.69 bits per heavy atom. The molecule has 0 radical (unpaired) electrons. The molecular weight excluding hydrogens is 172 g/mol. The van der Waals surface area contributed by atoms with Crippen LogP contribution in [0.1, 0.15) is 32.1 Å². The summed E-state index contributed by atoms with van der Waals surface area (Å²) < 4.78 is 0. The van der Waals surface area contributed by atoms with E-state index in [4.69, 9.17) is 0 Å². The summed E-state index contributed by atoms with van der Waals surface area (Å²) in [6.45, 7) is 11.4. The highest BCUT2D eigenvalue weighted by molar-refractivity contribution is 6.77. The Labute approximate surface area is 84.4 Å². The van der Waals surface area contributed by atoms with E-state index in [-0.39, 0.29) is 0 Å². The quantitative estimate of drug-likeness (QED) is 0.462. The first kappa shape index (κ1) is 11.0. The lowest BCUT2D eigenvalue weighted by molar-refractivity contribution is 0.356. The molecule has 0 nitrogen and oxygen atoms in total. The van der Waals surface area contributed by atoms with Gasteiger partial charge in [-0.2, -0.15) is 0 Å². The zero-order chi connectivity index (χ0) is 9.90. The standard InChI is InChI=1S/C12H24Si/c1-5-6-11-7-9-12(10-8-11)13(2,3)4/h5,11-12H,1,6-10H2,2-4H3. The molecule has 1 heteroatoms. The first-order valence-corrected chi connectivity index (χ1v) is 9.22. The Hall–Kier alpha value is -0.0431. The summed E-state index contributed by atoms with van der Waals surface area (Å²) >= 11 is 0. The highest BCUT2D eigenvalue weighted by Gasteiger charge is 2.30. The lowest BCUT2D eigenvalue weighted by Crippen LogP contribution is -2.31. The zero-order valence-electron chi connectivity index (χ0n) is 9.47. The molecule has 0 heterocycles. The van der Waals surface area contributed by atoms with Crippen molar-refractivity contribution in [2.75, 3.05) is 0 Å². The third-order valence-corrected chi connectivity index (χ3v) is 6.60. The molecule has 1 fully saturated rings. The summed E-state index contributed by atoms with van der Waals surface area (Å²) in [7, 11) is -0.835. The lowest BCUT2D eigenvalue weighted by atomic mass is 9.87. The van der Waals surface area contributed by atoms with Crippen LogP contribution in [0.5, 0.6) is 0 Å². The first-order chi connectivity index (χ1) is 6.04. The molecule has 0 atom stereocenters. The van der Waals surface area contributed by atoms with Crippen LogP contribution in [0.15, 0.2) is 12.7 Å². The predicted molar refractivity (Wildman–Crippen MR) is 63.9 cm³/mol. The van der Waals surface area contributed by atoms with Crippen molar-refractivity contribution in [3.05, 3.63) is 12.7 Å². The second kappa shape index (κ2) is 4.45. The van der Waals surface area contributed by atoms with Crippen LogP contribution in [-0.2, 0) is 0 Å². The van der Waals surface area contributed by atoms with Gasteiger partial charge in [0.15, 0.2) is 0 Å². The van der Waals surface area contributed by atoms with Gasteiger partial charge < -0.3 is 0 Å². The molecule has 0 N–H and O–H groups in total. The molecule has 0 bridgehead atoms. The highest BCUT2D eigenvalue weighted by atomic mass is 28.3. The largest absolute Gasteiger partial charge is 0.103 e. The van der Waals surface area contributed by atoms with Gasteiger partial charge in [-0.1, -0.05) is 51.4 Å². The molecule has 0 unspecified atom stereocenters. The molecule has 13 heavy (non-hydrogen) atoms. The van der Waals surface area contributed by atoms with Crippen LogP contribution in [0.4, 0.5) is 0 Å². The average Bonchev–Trinajstić information content (AvgIpc) is 2.04. The van der Waals surface area contributed by atoms with Gasteiger partial charge >= 0.3 is 0 Å². The monoisotopic (exact) mass is 196 g/mol. The van der Waals surface area contributed by atoms with Crippen molar-refractivity contribution in [2.45, 2.75) is 57.3 Å². The summed E-state index contributed by atoms with van der Waals surface area (Å²) in [5.74, 6) is 0.963. The van der Waals surface area contributed by atoms with E-state index in [0.29, 0.717) is 0 Å². The van der Waals surface area contributed by atoms with E-state index in [0.717, 1.165) is 11.5 Å². The maximum Gasteiger partial charge on any atom is 0.0473 e. The molecule has 0 aromatic heterocycles. The number of hydrogen-bond acceptors (Lipinski definition) is 0.